The number of nitriles is 1. The van der Waals surface area contributed by atoms with Gasteiger partial charge in [0.2, 0.25) is 0 Å². The van der Waals surface area contributed by atoms with Crippen LogP contribution >= 0.6 is 0 Å². The molecular formula is C15H15N3. The van der Waals surface area contributed by atoms with Crippen LogP contribution in [0.3, 0.4) is 0 Å². The van der Waals surface area contributed by atoms with E-state index in [4.69, 9.17) is 5.26 Å². The van der Waals surface area contributed by atoms with Crippen LogP contribution in [0.25, 0.3) is 0 Å². The predicted octanol–water partition coefficient (Wildman–Crippen LogP) is 2.98. The number of pyridine rings is 1. The fraction of sp³-hybridized carbons (Fsp3) is 0.200. The van der Waals surface area contributed by atoms with E-state index in [0.717, 1.165) is 18.8 Å². The molecule has 0 fully saturated rings. The van der Waals surface area contributed by atoms with Crippen molar-refractivity contribution in [2.24, 2.45) is 0 Å². The molecule has 18 heavy (non-hydrogen) atoms. The lowest BCUT2D eigenvalue weighted by Gasteiger charge is -2.23. The molecule has 3 heteroatoms. The van der Waals surface area contributed by atoms with Gasteiger partial charge in [-0.3, -0.25) is 0 Å². The molecule has 3 nitrogen and oxygen atoms in total. The van der Waals surface area contributed by atoms with Crippen molar-refractivity contribution in [3.8, 4) is 6.07 Å². The molecule has 90 valence electrons. The Kier molecular flexibility index (Phi) is 3.93. The third-order valence-corrected chi connectivity index (χ3v) is 2.83. The van der Waals surface area contributed by atoms with Crippen LogP contribution in [0.2, 0.25) is 0 Å². The molecule has 0 saturated heterocycles. The van der Waals surface area contributed by atoms with E-state index in [0.29, 0.717) is 5.69 Å². The summed E-state index contributed by atoms with van der Waals surface area (Å²) >= 11 is 0. The Labute approximate surface area is 107 Å². The number of hydrogen-bond donors (Lipinski definition) is 0. The molecular weight excluding hydrogens is 222 g/mol. The maximum Gasteiger partial charge on any atom is 0.163 e. The SMILES string of the molecule is CCN(Cc1ccccc1)c1cccnc1C#N. The van der Waals surface area contributed by atoms with Crippen molar-refractivity contribution in [3.05, 3.63) is 59.9 Å². The number of hydrogen-bond acceptors (Lipinski definition) is 3. The Hall–Kier alpha value is -2.34. The van der Waals surface area contributed by atoms with Gasteiger partial charge in [0.1, 0.15) is 6.07 Å². The lowest BCUT2D eigenvalue weighted by Crippen LogP contribution is -2.23. The van der Waals surface area contributed by atoms with Gasteiger partial charge in [0.15, 0.2) is 5.69 Å². The van der Waals surface area contributed by atoms with Crippen LogP contribution < -0.4 is 4.90 Å². The van der Waals surface area contributed by atoms with Crippen molar-refractivity contribution < 1.29 is 0 Å². The Morgan fingerprint density at radius 2 is 1.94 bits per heavy atom. The second-order valence-corrected chi connectivity index (χ2v) is 3.98. The van der Waals surface area contributed by atoms with E-state index in [1.807, 2.05) is 30.3 Å². The van der Waals surface area contributed by atoms with E-state index in [-0.39, 0.29) is 0 Å². The third-order valence-electron chi connectivity index (χ3n) is 2.83. The Morgan fingerprint density at radius 3 is 2.61 bits per heavy atom. The minimum Gasteiger partial charge on any atom is -0.365 e. The van der Waals surface area contributed by atoms with Gasteiger partial charge in [-0.1, -0.05) is 30.3 Å². The summed E-state index contributed by atoms with van der Waals surface area (Å²) in [5.74, 6) is 0. The van der Waals surface area contributed by atoms with Gasteiger partial charge in [-0.15, -0.1) is 0 Å². The van der Waals surface area contributed by atoms with Crippen LogP contribution in [0.5, 0.6) is 0 Å². The summed E-state index contributed by atoms with van der Waals surface area (Å²) in [6.45, 7) is 3.71. The second-order valence-electron chi connectivity index (χ2n) is 3.98. The van der Waals surface area contributed by atoms with Crippen molar-refractivity contribution in [1.82, 2.24) is 4.98 Å². The van der Waals surface area contributed by atoms with Gasteiger partial charge in [0, 0.05) is 19.3 Å². The topological polar surface area (TPSA) is 39.9 Å². The standard InChI is InChI=1S/C15H15N3/c1-2-18(12-13-7-4-3-5-8-13)15-9-6-10-17-14(15)11-16/h3-10H,2,12H2,1H3. The predicted molar refractivity (Wildman–Crippen MR) is 72.1 cm³/mol. The van der Waals surface area contributed by atoms with Crippen LogP contribution in [-0.4, -0.2) is 11.5 Å². The number of rotatable bonds is 4. The summed E-state index contributed by atoms with van der Waals surface area (Å²) in [7, 11) is 0. The lowest BCUT2D eigenvalue weighted by atomic mass is 10.2. The summed E-state index contributed by atoms with van der Waals surface area (Å²) in [6.07, 6.45) is 1.65. The fourth-order valence-corrected chi connectivity index (χ4v) is 1.91. The first-order chi connectivity index (χ1) is 8.85. The highest BCUT2D eigenvalue weighted by Crippen LogP contribution is 2.19. The van der Waals surface area contributed by atoms with Gasteiger partial charge in [-0.05, 0) is 24.6 Å². The Balaban J connectivity index is 2.27. The molecule has 0 N–H and O–H groups in total. The van der Waals surface area contributed by atoms with Crippen molar-refractivity contribution in [1.29, 1.82) is 5.26 Å². The maximum atomic E-state index is 9.09. The number of aromatic nitrogens is 1. The molecule has 0 unspecified atom stereocenters. The van der Waals surface area contributed by atoms with Crippen LogP contribution in [0.4, 0.5) is 5.69 Å². The minimum atomic E-state index is 0.482. The zero-order valence-electron chi connectivity index (χ0n) is 10.4. The quantitative estimate of drug-likeness (QED) is 0.820. The van der Waals surface area contributed by atoms with Gasteiger partial charge in [-0.25, -0.2) is 4.98 Å². The van der Waals surface area contributed by atoms with Crippen molar-refractivity contribution in [2.45, 2.75) is 13.5 Å². The van der Waals surface area contributed by atoms with E-state index >= 15 is 0 Å². The summed E-state index contributed by atoms with van der Waals surface area (Å²) < 4.78 is 0. The van der Waals surface area contributed by atoms with Gasteiger partial charge in [0.05, 0.1) is 5.69 Å². The highest BCUT2D eigenvalue weighted by Gasteiger charge is 2.10. The average Bonchev–Trinajstić information content (AvgIpc) is 2.46. The Bertz CT molecular complexity index is 543. The molecule has 2 aromatic rings. The van der Waals surface area contributed by atoms with Gasteiger partial charge in [0.25, 0.3) is 0 Å². The molecule has 0 saturated carbocycles. The van der Waals surface area contributed by atoms with E-state index in [1.54, 1.807) is 6.20 Å². The molecule has 0 radical (unpaired) electrons. The average molecular weight is 237 g/mol. The van der Waals surface area contributed by atoms with Crippen molar-refractivity contribution in [3.63, 3.8) is 0 Å². The van der Waals surface area contributed by atoms with Gasteiger partial charge < -0.3 is 4.90 Å². The summed E-state index contributed by atoms with van der Waals surface area (Å²) in [6, 6.07) is 16.2. The highest BCUT2D eigenvalue weighted by molar-refractivity contribution is 5.55. The Morgan fingerprint density at radius 1 is 1.17 bits per heavy atom. The smallest absolute Gasteiger partial charge is 0.163 e. The molecule has 2 rings (SSSR count). The van der Waals surface area contributed by atoms with Crippen molar-refractivity contribution in [2.75, 3.05) is 11.4 Å². The normalized spacial score (nSPS) is 9.78. The largest absolute Gasteiger partial charge is 0.365 e. The van der Waals surface area contributed by atoms with E-state index in [9.17, 15) is 0 Å². The molecule has 0 amide bonds. The van der Waals surface area contributed by atoms with E-state index < -0.39 is 0 Å². The van der Waals surface area contributed by atoms with Gasteiger partial charge in [-0.2, -0.15) is 5.26 Å². The molecule has 1 heterocycles. The third kappa shape index (κ3) is 2.67. The summed E-state index contributed by atoms with van der Waals surface area (Å²) in [5.41, 5.74) is 2.61. The minimum absolute atomic E-state index is 0.482. The first-order valence-corrected chi connectivity index (χ1v) is 5.99. The first kappa shape index (κ1) is 12.1. The monoisotopic (exact) mass is 237 g/mol. The zero-order valence-corrected chi connectivity index (χ0v) is 10.4. The summed E-state index contributed by atoms with van der Waals surface area (Å²) in [4.78, 5) is 6.26. The molecule has 0 aliphatic carbocycles. The molecule has 0 bridgehead atoms. The molecule has 0 aliphatic rings. The maximum absolute atomic E-state index is 9.09. The highest BCUT2D eigenvalue weighted by atomic mass is 15.1. The molecule has 1 aromatic heterocycles. The zero-order chi connectivity index (χ0) is 12.8. The summed E-state index contributed by atoms with van der Waals surface area (Å²) in [5, 5.41) is 9.09. The number of benzene rings is 1. The fourth-order valence-electron chi connectivity index (χ4n) is 1.91. The molecule has 1 aromatic carbocycles. The van der Waals surface area contributed by atoms with Crippen molar-refractivity contribution >= 4 is 5.69 Å². The van der Waals surface area contributed by atoms with Crippen LogP contribution in [0.1, 0.15) is 18.2 Å². The molecule has 0 aliphatic heterocycles. The van der Waals surface area contributed by atoms with Crippen LogP contribution in [-0.2, 0) is 6.54 Å². The van der Waals surface area contributed by atoms with Crippen LogP contribution in [0, 0.1) is 11.3 Å². The van der Waals surface area contributed by atoms with Crippen LogP contribution in [0.15, 0.2) is 48.7 Å². The van der Waals surface area contributed by atoms with Gasteiger partial charge >= 0.3 is 0 Å². The first-order valence-electron chi connectivity index (χ1n) is 5.99. The van der Waals surface area contributed by atoms with E-state index in [2.05, 4.69) is 35.0 Å². The lowest BCUT2D eigenvalue weighted by molar-refractivity contribution is 0.826. The number of anilines is 1. The van der Waals surface area contributed by atoms with E-state index in [1.165, 1.54) is 5.56 Å². The second kappa shape index (κ2) is 5.83. The number of nitrogens with zero attached hydrogens (tertiary/aromatic N) is 3. The molecule has 0 atom stereocenters. The molecule has 0 spiro atoms.